The molecule has 2 aromatic carbocycles. The summed E-state index contributed by atoms with van der Waals surface area (Å²) in [5, 5.41) is 5.93. The molecule has 0 aliphatic heterocycles. The average molecular weight is 401 g/mol. The number of hydrogen-bond acceptors (Lipinski definition) is 4. The maximum Gasteiger partial charge on any atom is 0.261 e. The Labute approximate surface area is 172 Å². The zero-order chi connectivity index (χ0) is 20.4. The van der Waals surface area contributed by atoms with Gasteiger partial charge in [0.25, 0.3) is 5.91 Å². The molecule has 2 N–H and O–H groups in total. The van der Waals surface area contributed by atoms with Crippen LogP contribution in [0.3, 0.4) is 0 Å². The second kappa shape index (κ2) is 11.3. The van der Waals surface area contributed by atoms with Gasteiger partial charge in [0.15, 0.2) is 5.11 Å². The lowest BCUT2D eigenvalue weighted by Crippen LogP contribution is -2.34. The largest absolute Gasteiger partial charge is 0.494 e. The number of hydrogen-bond donors (Lipinski definition) is 2. The first kappa shape index (κ1) is 21.7. The molecule has 6 heteroatoms. The number of anilines is 1. The molecule has 150 valence electrons. The second-order valence-electron chi connectivity index (χ2n) is 6.81. The van der Waals surface area contributed by atoms with Gasteiger partial charge in [-0.2, -0.15) is 0 Å². The third kappa shape index (κ3) is 7.19. The average Bonchev–Trinajstić information content (AvgIpc) is 2.67. The minimum absolute atomic E-state index is 0.226. The van der Waals surface area contributed by atoms with Gasteiger partial charge in [0.2, 0.25) is 0 Å². The number of para-hydroxylation sites is 1. The Bertz CT molecular complexity index is 776. The molecule has 0 aromatic heterocycles. The standard InChI is InChI=1S/C22H28N2O3S/c1-4-14-27-20-8-6-5-7-19(20)21(25)24-22(28)23-17-9-11-18(12-10-17)26-15-13-16(2)3/h5-12,16H,4,13-15H2,1-3H3,(H2,23,24,25,28). The van der Waals surface area contributed by atoms with Crippen LogP contribution in [0.5, 0.6) is 11.5 Å². The fourth-order valence-corrected chi connectivity index (χ4v) is 2.58. The molecule has 0 saturated heterocycles. The van der Waals surface area contributed by atoms with Crippen molar-refractivity contribution in [2.75, 3.05) is 18.5 Å². The number of rotatable bonds is 9. The molecule has 0 radical (unpaired) electrons. The summed E-state index contributed by atoms with van der Waals surface area (Å²) in [6, 6.07) is 14.6. The first-order chi connectivity index (χ1) is 13.5. The Morgan fingerprint density at radius 3 is 2.43 bits per heavy atom. The number of thiocarbonyl (C=S) groups is 1. The van der Waals surface area contributed by atoms with Crippen LogP contribution < -0.4 is 20.1 Å². The van der Waals surface area contributed by atoms with Gasteiger partial charge in [-0.25, -0.2) is 0 Å². The van der Waals surface area contributed by atoms with Crippen molar-refractivity contribution in [3.8, 4) is 11.5 Å². The predicted octanol–water partition coefficient (Wildman–Crippen LogP) is 5.03. The van der Waals surface area contributed by atoms with E-state index in [-0.39, 0.29) is 11.0 Å². The maximum atomic E-state index is 12.5. The summed E-state index contributed by atoms with van der Waals surface area (Å²) in [5.74, 6) is 1.66. The molecule has 0 aliphatic carbocycles. The van der Waals surface area contributed by atoms with Crippen LogP contribution in [0.2, 0.25) is 0 Å². The van der Waals surface area contributed by atoms with Gasteiger partial charge in [0.05, 0.1) is 18.8 Å². The van der Waals surface area contributed by atoms with Crippen LogP contribution in [0, 0.1) is 5.92 Å². The maximum absolute atomic E-state index is 12.5. The number of amides is 1. The summed E-state index contributed by atoms with van der Waals surface area (Å²) < 4.78 is 11.3. The summed E-state index contributed by atoms with van der Waals surface area (Å²) in [6.07, 6.45) is 1.88. The van der Waals surface area contributed by atoms with E-state index in [9.17, 15) is 4.79 Å². The third-order valence-electron chi connectivity index (χ3n) is 3.90. The lowest BCUT2D eigenvalue weighted by atomic mass is 10.1. The van der Waals surface area contributed by atoms with Crippen molar-refractivity contribution in [1.29, 1.82) is 0 Å². The Balaban J connectivity index is 1.89. The SMILES string of the molecule is CCCOc1ccccc1C(=O)NC(=S)Nc1ccc(OCCC(C)C)cc1. The van der Waals surface area contributed by atoms with E-state index in [1.165, 1.54) is 0 Å². The fourth-order valence-electron chi connectivity index (χ4n) is 2.37. The highest BCUT2D eigenvalue weighted by molar-refractivity contribution is 7.80. The van der Waals surface area contributed by atoms with Crippen molar-refractivity contribution in [3.63, 3.8) is 0 Å². The number of benzene rings is 2. The molecule has 0 saturated carbocycles. The molecule has 0 fully saturated rings. The molecule has 0 aliphatic rings. The molecule has 0 unspecified atom stereocenters. The van der Waals surface area contributed by atoms with Gasteiger partial charge >= 0.3 is 0 Å². The number of nitrogens with one attached hydrogen (secondary N) is 2. The highest BCUT2D eigenvalue weighted by atomic mass is 32.1. The quantitative estimate of drug-likeness (QED) is 0.578. The van der Waals surface area contributed by atoms with Gasteiger partial charge in [0, 0.05) is 5.69 Å². The minimum Gasteiger partial charge on any atom is -0.494 e. The molecule has 5 nitrogen and oxygen atoms in total. The van der Waals surface area contributed by atoms with E-state index < -0.39 is 0 Å². The van der Waals surface area contributed by atoms with Gasteiger partial charge < -0.3 is 14.8 Å². The van der Waals surface area contributed by atoms with Crippen LogP contribution in [-0.2, 0) is 0 Å². The van der Waals surface area contributed by atoms with Gasteiger partial charge in [-0.15, -0.1) is 0 Å². The molecule has 0 bridgehead atoms. The van der Waals surface area contributed by atoms with Crippen molar-refractivity contribution in [3.05, 3.63) is 54.1 Å². The van der Waals surface area contributed by atoms with Crippen LogP contribution in [0.15, 0.2) is 48.5 Å². The highest BCUT2D eigenvalue weighted by Gasteiger charge is 2.13. The Morgan fingerprint density at radius 2 is 1.75 bits per heavy atom. The first-order valence-electron chi connectivity index (χ1n) is 9.56. The summed E-state index contributed by atoms with van der Waals surface area (Å²) in [6.45, 7) is 7.60. The summed E-state index contributed by atoms with van der Waals surface area (Å²) in [7, 11) is 0. The predicted molar refractivity (Wildman–Crippen MR) is 117 cm³/mol. The molecule has 28 heavy (non-hydrogen) atoms. The zero-order valence-electron chi connectivity index (χ0n) is 16.7. The first-order valence-corrected chi connectivity index (χ1v) is 9.97. The zero-order valence-corrected chi connectivity index (χ0v) is 17.5. The van der Waals surface area contributed by atoms with Crippen LogP contribution in [0.1, 0.15) is 44.0 Å². The van der Waals surface area contributed by atoms with Crippen molar-refractivity contribution >= 4 is 28.9 Å². The Kier molecular flexibility index (Phi) is 8.75. The van der Waals surface area contributed by atoms with Gasteiger partial charge in [-0.1, -0.05) is 32.9 Å². The number of carbonyl (C=O) groups excluding carboxylic acids is 1. The van der Waals surface area contributed by atoms with Crippen LogP contribution >= 0.6 is 12.2 Å². The van der Waals surface area contributed by atoms with Crippen molar-refractivity contribution in [1.82, 2.24) is 5.32 Å². The van der Waals surface area contributed by atoms with E-state index in [0.717, 1.165) is 24.3 Å². The summed E-state index contributed by atoms with van der Waals surface area (Å²) >= 11 is 5.26. The number of ether oxygens (including phenoxy) is 2. The number of carbonyl (C=O) groups is 1. The molecular formula is C22H28N2O3S. The van der Waals surface area contributed by atoms with E-state index in [0.29, 0.717) is 30.4 Å². The monoisotopic (exact) mass is 400 g/mol. The van der Waals surface area contributed by atoms with E-state index >= 15 is 0 Å². The molecule has 2 aromatic rings. The van der Waals surface area contributed by atoms with Crippen LogP contribution in [-0.4, -0.2) is 24.2 Å². The molecule has 2 rings (SSSR count). The van der Waals surface area contributed by atoms with Crippen LogP contribution in [0.4, 0.5) is 5.69 Å². The van der Waals surface area contributed by atoms with Gasteiger partial charge in [-0.3, -0.25) is 10.1 Å². The fraction of sp³-hybridized carbons (Fsp3) is 0.364. The van der Waals surface area contributed by atoms with Gasteiger partial charge in [0.1, 0.15) is 11.5 Å². The summed E-state index contributed by atoms with van der Waals surface area (Å²) in [5.41, 5.74) is 1.23. The van der Waals surface area contributed by atoms with E-state index in [1.54, 1.807) is 18.2 Å². The second-order valence-corrected chi connectivity index (χ2v) is 7.22. The van der Waals surface area contributed by atoms with E-state index in [2.05, 4.69) is 24.5 Å². The molecular weight excluding hydrogens is 372 g/mol. The lowest BCUT2D eigenvalue weighted by Gasteiger charge is -2.13. The van der Waals surface area contributed by atoms with Crippen molar-refractivity contribution < 1.29 is 14.3 Å². The van der Waals surface area contributed by atoms with Crippen LogP contribution in [0.25, 0.3) is 0 Å². The van der Waals surface area contributed by atoms with Crippen molar-refractivity contribution in [2.24, 2.45) is 5.92 Å². The topological polar surface area (TPSA) is 59.6 Å². The summed E-state index contributed by atoms with van der Waals surface area (Å²) in [4.78, 5) is 12.5. The van der Waals surface area contributed by atoms with Gasteiger partial charge in [-0.05, 0) is 67.4 Å². The van der Waals surface area contributed by atoms with E-state index in [4.69, 9.17) is 21.7 Å². The molecule has 0 heterocycles. The smallest absolute Gasteiger partial charge is 0.261 e. The Morgan fingerprint density at radius 1 is 1.04 bits per heavy atom. The van der Waals surface area contributed by atoms with Crippen molar-refractivity contribution in [2.45, 2.75) is 33.6 Å². The Hall–Kier alpha value is -2.60. The van der Waals surface area contributed by atoms with E-state index in [1.807, 2.05) is 37.3 Å². The highest BCUT2D eigenvalue weighted by Crippen LogP contribution is 2.19. The lowest BCUT2D eigenvalue weighted by molar-refractivity contribution is 0.0973. The minimum atomic E-state index is -0.308. The third-order valence-corrected chi connectivity index (χ3v) is 4.10. The normalized spacial score (nSPS) is 10.4. The molecule has 0 spiro atoms. The molecule has 1 amide bonds. The molecule has 0 atom stereocenters.